The lowest BCUT2D eigenvalue weighted by Gasteiger charge is -2.33. The zero-order chi connectivity index (χ0) is 12.4. The normalized spacial score (nSPS) is 27.0. The Kier molecular flexibility index (Phi) is 3.42. The average Bonchev–Trinajstić information content (AvgIpc) is 2.19. The summed E-state index contributed by atoms with van der Waals surface area (Å²) in [6.45, 7) is 3.57. The van der Waals surface area contributed by atoms with Gasteiger partial charge in [-0.05, 0) is 25.4 Å². The van der Waals surface area contributed by atoms with Crippen LogP contribution in [0.3, 0.4) is 0 Å². The second kappa shape index (κ2) is 4.83. The van der Waals surface area contributed by atoms with E-state index in [-0.39, 0.29) is 24.2 Å². The lowest BCUT2D eigenvalue weighted by molar-refractivity contribution is -0.138. The standard InChI is InChI=1S/C11H17N3O3/c1-6(7-4-12-5-7)10(16)13-8-2-3-9(15)14-11(8)17/h6-8,12H,2-5H2,1H3,(H,13,16)(H,14,15,17). The molecule has 2 atom stereocenters. The van der Waals surface area contributed by atoms with Crippen LogP contribution in [0.25, 0.3) is 0 Å². The number of rotatable bonds is 3. The van der Waals surface area contributed by atoms with Gasteiger partial charge in [0.15, 0.2) is 0 Å². The maximum absolute atomic E-state index is 11.9. The van der Waals surface area contributed by atoms with E-state index in [1.165, 1.54) is 0 Å². The Labute approximate surface area is 99.5 Å². The highest BCUT2D eigenvalue weighted by Crippen LogP contribution is 2.16. The molecule has 0 bridgehead atoms. The Morgan fingerprint density at radius 2 is 2.12 bits per heavy atom. The molecule has 6 nitrogen and oxygen atoms in total. The summed E-state index contributed by atoms with van der Waals surface area (Å²) in [5, 5.41) is 8.04. The van der Waals surface area contributed by atoms with Crippen molar-refractivity contribution >= 4 is 17.7 Å². The van der Waals surface area contributed by atoms with Crippen molar-refractivity contribution < 1.29 is 14.4 Å². The molecule has 2 fully saturated rings. The highest BCUT2D eigenvalue weighted by Gasteiger charge is 2.33. The number of carbonyl (C=O) groups is 3. The van der Waals surface area contributed by atoms with Crippen molar-refractivity contribution in [2.75, 3.05) is 13.1 Å². The maximum atomic E-state index is 11.9. The lowest BCUT2D eigenvalue weighted by atomic mass is 9.88. The maximum Gasteiger partial charge on any atom is 0.249 e. The molecule has 0 aliphatic carbocycles. The van der Waals surface area contributed by atoms with Gasteiger partial charge >= 0.3 is 0 Å². The van der Waals surface area contributed by atoms with Crippen molar-refractivity contribution in [3.05, 3.63) is 0 Å². The second-order valence-electron chi connectivity index (χ2n) is 4.72. The van der Waals surface area contributed by atoms with Gasteiger partial charge in [-0.15, -0.1) is 0 Å². The van der Waals surface area contributed by atoms with Gasteiger partial charge in [0.05, 0.1) is 0 Å². The van der Waals surface area contributed by atoms with Gasteiger partial charge in [0.25, 0.3) is 0 Å². The van der Waals surface area contributed by atoms with Gasteiger partial charge in [-0.3, -0.25) is 19.7 Å². The third-order valence-electron chi connectivity index (χ3n) is 3.49. The van der Waals surface area contributed by atoms with Crippen LogP contribution in [0.5, 0.6) is 0 Å². The van der Waals surface area contributed by atoms with E-state index in [4.69, 9.17) is 0 Å². The number of nitrogens with one attached hydrogen (secondary N) is 3. The van der Waals surface area contributed by atoms with Crippen molar-refractivity contribution in [1.82, 2.24) is 16.0 Å². The molecule has 94 valence electrons. The number of hydrogen-bond donors (Lipinski definition) is 3. The molecule has 17 heavy (non-hydrogen) atoms. The molecule has 2 heterocycles. The van der Waals surface area contributed by atoms with Crippen molar-refractivity contribution in [2.24, 2.45) is 11.8 Å². The summed E-state index contributed by atoms with van der Waals surface area (Å²) >= 11 is 0. The van der Waals surface area contributed by atoms with E-state index in [0.29, 0.717) is 12.3 Å². The van der Waals surface area contributed by atoms with Gasteiger partial charge in [0.2, 0.25) is 17.7 Å². The van der Waals surface area contributed by atoms with Crippen molar-refractivity contribution in [2.45, 2.75) is 25.8 Å². The van der Waals surface area contributed by atoms with Crippen LogP contribution >= 0.6 is 0 Å². The topological polar surface area (TPSA) is 87.3 Å². The van der Waals surface area contributed by atoms with Gasteiger partial charge in [-0.25, -0.2) is 0 Å². The molecule has 0 saturated carbocycles. The Hall–Kier alpha value is -1.43. The van der Waals surface area contributed by atoms with Crippen LogP contribution in [0.15, 0.2) is 0 Å². The number of piperidine rings is 1. The zero-order valence-electron chi connectivity index (χ0n) is 9.79. The molecule has 2 aliphatic rings. The van der Waals surface area contributed by atoms with E-state index in [0.717, 1.165) is 13.1 Å². The predicted octanol–water partition coefficient (Wildman–Crippen LogP) is -1.24. The first-order valence-corrected chi connectivity index (χ1v) is 5.92. The number of carbonyl (C=O) groups excluding carboxylic acids is 3. The molecule has 0 aromatic rings. The van der Waals surface area contributed by atoms with Crippen molar-refractivity contribution in [3.63, 3.8) is 0 Å². The minimum absolute atomic E-state index is 0.0957. The monoisotopic (exact) mass is 239 g/mol. The zero-order valence-corrected chi connectivity index (χ0v) is 9.79. The van der Waals surface area contributed by atoms with E-state index in [1.54, 1.807) is 0 Å². The lowest BCUT2D eigenvalue weighted by Crippen LogP contribution is -2.56. The molecule has 0 aromatic heterocycles. The number of amides is 3. The summed E-state index contributed by atoms with van der Waals surface area (Å²) in [5.74, 6) is -0.513. The first kappa shape index (κ1) is 12.0. The molecule has 3 N–H and O–H groups in total. The van der Waals surface area contributed by atoms with Crippen LogP contribution in [0, 0.1) is 11.8 Å². The molecule has 0 aromatic carbocycles. The molecule has 3 amide bonds. The Morgan fingerprint density at radius 3 is 2.65 bits per heavy atom. The summed E-state index contributed by atoms with van der Waals surface area (Å²) in [6, 6.07) is -0.560. The van der Waals surface area contributed by atoms with Crippen LogP contribution < -0.4 is 16.0 Å². The van der Waals surface area contributed by atoms with Crippen molar-refractivity contribution in [1.29, 1.82) is 0 Å². The van der Waals surface area contributed by atoms with E-state index >= 15 is 0 Å². The van der Waals surface area contributed by atoms with Crippen LogP contribution in [0.4, 0.5) is 0 Å². The first-order chi connectivity index (χ1) is 8.08. The molecular weight excluding hydrogens is 222 g/mol. The molecule has 2 aliphatic heterocycles. The van der Waals surface area contributed by atoms with Crippen LogP contribution in [-0.2, 0) is 14.4 Å². The summed E-state index contributed by atoms with van der Waals surface area (Å²) < 4.78 is 0. The van der Waals surface area contributed by atoms with Crippen LogP contribution in [-0.4, -0.2) is 36.9 Å². The molecule has 6 heteroatoms. The Balaban J connectivity index is 1.85. The second-order valence-corrected chi connectivity index (χ2v) is 4.72. The number of hydrogen-bond acceptors (Lipinski definition) is 4. The average molecular weight is 239 g/mol. The SMILES string of the molecule is CC(C(=O)NC1CCC(=O)NC1=O)C1CNC1. The van der Waals surface area contributed by atoms with Crippen LogP contribution in [0.1, 0.15) is 19.8 Å². The fourth-order valence-corrected chi connectivity index (χ4v) is 2.01. The summed E-state index contributed by atoms with van der Waals surface area (Å²) in [4.78, 5) is 34.3. The molecule has 2 rings (SSSR count). The summed E-state index contributed by atoms with van der Waals surface area (Å²) in [5.41, 5.74) is 0. The van der Waals surface area contributed by atoms with Gasteiger partial charge in [-0.1, -0.05) is 6.92 Å². The minimum Gasteiger partial charge on any atom is -0.344 e. The molecule has 2 unspecified atom stereocenters. The summed E-state index contributed by atoms with van der Waals surface area (Å²) in [7, 11) is 0. The van der Waals surface area contributed by atoms with Crippen LogP contribution in [0.2, 0.25) is 0 Å². The van der Waals surface area contributed by atoms with E-state index in [1.807, 2.05) is 6.92 Å². The fourth-order valence-electron chi connectivity index (χ4n) is 2.01. The van der Waals surface area contributed by atoms with Crippen molar-refractivity contribution in [3.8, 4) is 0 Å². The smallest absolute Gasteiger partial charge is 0.249 e. The highest BCUT2D eigenvalue weighted by molar-refractivity contribution is 6.01. The van der Waals surface area contributed by atoms with E-state index < -0.39 is 11.9 Å². The third kappa shape index (κ3) is 2.63. The molecular formula is C11H17N3O3. The fraction of sp³-hybridized carbons (Fsp3) is 0.727. The highest BCUT2D eigenvalue weighted by atomic mass is 16.2. The van der Waals surface area contributed by atoms with Gasteiger partial charge in [0.1, 0.15) is 6.04 Å². The van der Waals surface area contributed by atoms with Gasteiger partial charge in [0, 0.05) is 12.3 Å². The third-order valence-corrected chi connectivity index (χ3v) is 3.49. The van der Waals surface area contributed by atoms with Gasteiger partial charge in [-0.2, -0.15) is 0 Å². The number of imide groups is 1. The predicted molar refractivity (Wildman–Crippen MR) is 59.8 cm³/mol. The molecule has 0 spiro atoms. The Bertz CT molecular complexity index is 352. The molecule has 2 saturated heterocycles. The summed E-state index contributed by atoms with van der Waals surface area (Å²) in [6.07, 6.45) is 0.683. The van der Waals surface area contributed by atoms with Gasteiger partial charge < -0.3 is 10.6 Å². The quantitative estimate of drug-likeness (QED) is 0.538. The van der Waals surface area contributed by atoms with E-state index in [2.05, 4.69) is 16.0 Å². The Morgan fingerprint density at radius 1 is 1.41 bits per heavy atom. The largest absolute Gasteiger partial charge is 0.344 e. The first-order valence-electron chi connectivity index (χ1n) is 5.92. The molecule has 0 radical (unpaired) electrons. The minimum atomic E-state index is -0.560. The van der Waals surface area contributed by atoms with E-state index in [9.17, 15) is 14.4 Å².